The van der Waals surface area contributed by atoms with Crippen LogP contribution in [0.3, 0.4) is 0 Å². The minimum atomic E-state index is -3.55. The summed E-state index contributed by atoms with van der Waals surface area (Å²) in [6.07, 6.45) is -0.0545. The van der Waals surface area contributed by atoms with Gasteiger partial charge in [-0.05, 0) is 5.56 Å². The first kappa shape index (κ1) is 16.9. The predicted octanol–water partition coefficient (Wildman–Crippen LogP) is -0.0848. The molecule has 1 aromatic rings. The smallest absolute Gasteiger partial charge is 0.408 e. The van der Waals surface area contributed by atoms with Gasteiger partial charge in [0.15, 0.2) is 0 Å². The number of sulfonamides is 1. The van der Waals surface area contributed by atoms with Gasteiger partial charge in [0.25, 0.3) is 0 Å². The summed E-state index contributed by atoms with van der Waals surface area (Å²) in [5, 5.41) is 11.0. The number of carboxylic acid groups (broad SMARTS) is 1. The highest BCUT2D eigenvalue weighted by Gasteiger charge is 2.21. The summed E-state index contributed by atoms with van der Waals surface area (Å²) in [4.78, 5) is 22.4. The molecule has 9 heteroatoms. The third-order valence-corrected chi connectivity index (χ3v) is 3.04. The number of hydrogen-bond acceptors (Lipinski definition) is 5. The lowest BCUT2D eigenvalue weighted by Gasteiger charge is -2.14. The van der Waals surface area contributed by atoms with Crippen molar-refractivity contribution in [2.24, 2.45) is 0 Å². The second-order valence-electron chi connectivity index (χ2n) is 4.22. The summed E-state index contributed by atoms with van der Waals surface area (Å²) < 4.78 is 28.7. The number of carbonyl (C=O) groups is 2. The van der Waals surface area contributed by atoms with E-state index in [4.69, 9.17) is 9.84 Å². The van der Waals surface area contributed by atoms with Gasteiger partial charge >= 0.3 is 12.1 Å². The van der Waals surface area contributed by atoms with Crippen molar-refractivity contribution in [1.29, 1.82) is 0 Å². The minimum Gasteiger partial charge on any atom is -0.480 e. The Morgan fingerprint density at radius 3 is 2.43 bits per heavy atom. The molecule has 0 aliphatic rings. The summed E-state index contributed by atoms with van der Waals surface area (Å²) >= 11 is 0. The first-order valence-corrected chi connectivity index (χ1v) is 7.82. The number of ether oxygens (including phenoxy) is 1. The fraction of sp³-hybridized carbons (Fsp3) is 0.333. The molecular formula is C12H16N2O6S. The van der Waals surface area contributed by atoms with Crippen molar-refractivity contribution in [3.05, 3.63) is 35.9 Å². The number of carboxylic acids is 1. The fourth-order valence-corrected chi connectivity index (χ4v) is 1.81. The molecule has 0 aromatic heterocycles. The lowest BCUT2D eigenvalue weighted by Crippen LogP contribution is -2.48. The molecule has 1 aromatic carbocycles. The monoisotopic (exact) mass is 316 g/mol. The molecule has 1 rings (SSSR count). The normalized spacial score (nSPS) is 12.4. The molecule has 0 saturated carbocycles. The number of carbonyl (C=O) groups excluding carboxylic acids is 1. The van der Waals surface area contributed by atoms with Crippen molar-refractivity contribution in [2.45, 2.75) is 12.6 Å². The van der Waals surface area contributed by atoms with Crippen LogP contribution in [0.4, 0.5) is 4.79 Å². The highest BCUT2D eigenvalue weighted by molar-refractivity contribution is 7.88. The van der Waals surface area contributed by atoms with Gasteiger partial charge in [0.2, 0.25) is 10.0 Å². The molecule has 0 unspecified atom stereocenters. The molecule has 0 heterocycles. The molecule has 0 radical (unpaired) electrons. The lowest BCUT2D eigenvalue weighted by molar-refractivity contribution is -0.139. The zero-order valence-corrected chi connectivity index (χ0v) is 12.1. The highest BCUT2D eigenvalue weighted by Crippen LogP contribution is 2.00. The minimum absolute atomic E-state index is 0.0154. The largest absolute Gasteiger partial charge is 0.480 e. The van der Waals surface area contributed by atoms with Gasteiger partial charge < -0.3 is 15.2 Å². The van der Waals surface area contributed by atoms with Gasteiger partial charge in [0.1, 0.15) is 12.6 Å². The van der Waals surface area contributed by atoms with E-state index in [2.05, 4.69) is 5.32 Å². The number of nitrogens with one attached hydrogen (secondary N) is 2. The number of amides is 1. The molecular weight excluding hydrogens is 300 g/mol. The van der Waals surface area contributed by atoms with Crippen molar-refractivity contribution >= 4 is 22.1 Å². The highest BCUT2D eigenvalue weighted by atomic mass is 32.2. The number of hydrogen-bond donors (Lipinski definition) is 3. The zero-order valence-electron chi connectivity index (χ0n) is 11.3. The Labute approximate surface area is 122 Å². The first-order valence-electron chi connectivity index (χ1n) is 5.92. The quantitative estimate of drug-likeness (QED) is 0.646. The standard InChI is InChI=1S/C12H16N2O6S/c1-21(18,19)13-7-10(11(15)16)14-12(17)20-8-9-5-3-2-4-6-9/h2-6,10,13H,7-8H2,1H3,(H,14,17)(H,15,16)/t10-/m1/s1. The predicted molar refractivity (Wildman–Crippen MR) is 74.0 cm³/mol. The van der Waals surface area contributed by atoms with E-state index >= 15 is 0 Å². The van der Waals surface area contributed by atoms with Crippen molar-refractivity contribution in [3.8, 4) is 0 Å². The average molecular weight is 316 g/mol. The van der Waals surface area contributed by atoms with Crippen LogP contribution < -0.4 is 10.0 Å². The molecule has 3 N–H and O–H groups in total. The topological polar surface area (TPSA) is 122 Å². The lowest BCUT2D eigenvalue weighted by atomic mass is 10.2. The van der Waals surface area contributed by atoms with E-state index in [0.29, 0.717) is 0 Å². The molecule has 0 bridgehead atoms. The van der Waals surface area contributed by atoms with Crippen molar-refractivity contribution in [1.82, 2.24) is 10.0 Å². The molecule has 116 valence electrons. The molecule has 0 aliphatic carbocycles. The van der Waals surface area contributed by atoms with Crippen LogP contribution in [-0.4, -0.2) is 44.4 Å². The maximum Gasteiger partial charge on any atom is 0.408 e. The van der Waals surface area contributed by atoms with Gasteiger partial charge in [-0.15, -0.1) is 0 Å². The second-order valence-corrected chi connectivity index (χ2v) is 6.05. The number of aliphatic carboxylic acids is 1. The van der Waals surface area contributed by atoms with Gasteiger partial charge in [0, 0.05) is 6.54 Å². The van der Waals surface area contributed by atoms with Gasteiger partial charge in [-0.1, -0.05) is 30.3 Å². The van der Waals surface area contributed by atoms with Crippen molar-refractivity contribution in [3.63, 3.8) is 0 Å². The van der Waals surface area contributed by atoms with Gasteiger partial charge in [-0.25, -0.2) is 22.7 Å². The Morgan fingerprint density at radius 1 is 1.29 bits per heavy atom. The summed E-state index contributed by atoms with van der Waals surface area (Å²) in [5.41, 5.74) is 0.744. The van der Waals surface area contributed by atoms with Gasteiger partial charge in [0.05, 0.1) is 6.26 Å². The zero-order chi connectivity index (χ0) is 15.9. The third kappa shape index (κ3) is 7.28. The molecule has 8 nitrogen and oxygen atoms in total. The summed E-state index contributed by atoms with van der Waals surface area (Å²) in [7, 11) is -3.55. The Kier molecular flexibility index (Phi) is 6.12. The fourth-order valence-electron chi connectivity index (χ4n) is 1.34. The van der Waals surface area contributed by atoms with E-state index in [1.165, 1.54) is 0 Å². The van der Waals surface area contributed by atoms with Crippen LogP contribution in [0.1, 0.15) is 5.56 Å². The summed E-state index contributed by atoms with van der Waals surface area (Å²) in [6.45, 7) is -0.479. The van der Waals surface area contributed by atoms with Crippen LogP contribution in [0.15, 0.2) is 30.3 Å². The Balaban J connectivity index is 2.47. The van der Waals surface area contributed by atoms with Crippen LogP contribution in [0.5, 0.6) is 0 Å². The van der Waals surface area contributed by atoms with Crippen LogP contribution >= 0.6 is 0 Å². The average Bonchev–Trinajstić information content (AvgIpc) is 2.41. The van der Waals surface area contributed by atoms with Crippen LogP contribution in [0.2, 0.25) is 0 Å². The SMILES string of the molecule is CS(=O)(=O)NC[C@@H](NC(=O)OCc1ccccc1)C(=O)O. The number of rotatable bonds is 7. The van der Waals surface area contributed by atoms with E-state index in [1.807, 2.05) is 4.72 Å². The Morgan fingerprint density at radius 2 is 1.90 bits per heavy atom. The summed E-state index contributed by atoms with van der Waals surface area (Å²) in [6, 6.07) is 7.42. The van der Waals surface area contributed by atoms with Crippen molar-refractivity contribution in [2.75, 3.05) is 12.8 Å². The van der Waals surface area contributed by atoms with E-state index in [-0.39, 0.29) is 6.61 Å². The van der Waals surface area contributed by atoms with E-state index in [0.717, 1.165) is 11.8 Å². The maximum atomic E-state index is 11.5. The first-order chi connectivity index (χ1) is 9.78. The molecule has 21 heavy (non-hydrogen) atoms. The van der Waals surface area contributed by atoms with Crippen molar-refractivity contribution < 1.29 is 27.9 Å². The van der Waals surface area contributed by atoms with Gasteiger partial charge in [-0.3, -0.25) is 0 Å². The van der Waals surface area contributed by atoms with Crippen LogP contribution in [0, 0.1) is 0 Å². The number of benzene rings is 1. The molecule has 1 atom stereocenters. The second kappa shape index (κ2) is 7.60. The Bertz CT molecular complexity index is 587. The maximum absolute atomic E-state index is 11.5. The molecule has 0 aliphatic heterocycles. The van der Waals surface area contributed by atoms with Crippen LogP contribution in [-0.2, 0) is 26.2 Å². The van der Waals surface area contributed by atoms with Crippen LogP contribution in [0.25, 0.3) is 0 Å². The molecule has 0 fully saturated rings. The number of alkyl carbamates (subject to hydrolysis) is 1. The molecule has 0 spiro atoms. The Hall–Kier alpha value is -2.13. The molecule has 0 saturated heterocycles. The van der Waals surface area contributed by atoms with Gasteiger partial charge in [-0.2, -0.15) is 0 Å². The van der Waals surface area contributed by atoms with E-state index in [9.17, 15) is 18.0 Å². The van der Waals surface area contributed by atoms with E-state index in [1.54, 1.807) is 30.3 Å². The molecule has 1 amide bonds. The summed E-state index contributed by atoms with van der Waals surface area (Å²) in [5.74, 6) is -1.37. The van der Waals surface area contributed by atoms with E-state index < -0.39 is 34.7 Å². The third-order valence-electron chi connectivity index (χ3n) is 2.35.